The van der Waals surface area contributed by atoms with Crippen LogP contribution in [0.2, 0.25) is 0 Å². The lowest BCUT2D eigenvalue weighted by Gasteiger charge is -2.35. The molecule has 69 heavy (non-hydrogen) atoms. The molecule has 0 fully saturated rings. The molecule has 0 bridgehead atoms. The summed E-state index contributed by atoms with van der Waals surface area (Å²) in [5.74, 6) is 1.59. The van der Waals surface area contributed by atoms with Crippen molar-refractivity contribution in [2.75, 3.05) is 9.80 Å². The molecule has 1 unspecified atom stereocenters. The van der Waals surface area contributed by atoms with Gasteiger partial charge in [0.05, 0.1) is 22.8 Å². The smallest absolute Gasteiger partial charge is 0.159 e. The van der Waals surface area contributed by atoms with Crippen molar-refractivity contribution in [3.8, 4) is 33.8 Å². The maximum atomic E-state index is 7.19. The van der Waals surface area contributed by atoms with E-state index < -0.39 is 5.41 Å². The van der Waals surface area contributed by atoms with Gasteiger partial charge >= 0.3 is 0 Å². The quantitative estimate of drug-likeness (QED) is 0.121. The summed E-state index contributed by atoms with van der Waals surface area (Å²) in [5.41, 5.74) is 15.6. The lowest BCUT2D eigenvalue weighted by Crippen LogP contribution is -2.28. The van der Waals surface area contributed by atoms with Crippen LogP contribution in [0.1, 0.15) is 28.7 Å². The van der Waals surface area contributed by atoms with Crippen LogP contribution in [0, 0.1) is 0 Å². The number of ether oxygens (including phenoxy) is 1. The van der Waals surface area contributed by atoms with Crippen LogP contribution in [0.4, 0.5) is 28.4 Å². The Morgan fingerprint density at radius 3 is 1.90 bits per heavy atom. The van der Waals surface area contributed by atoms with Gasteiger partial charge in [0, 0.05) is 50.9 Å². The molecular weight excluding hydrogens is 841 g/mol. The van der Waals surface area contributed by atoms with E-state index in [1.54, 1.807) is 0 Å². The summed E-state index contributed by atoms with van der Waals surface area (Å²) in [7, 11) is 0. The van der Waals surface area contributed by atoms with Crippen LogP contribution in [-0.4, -0.2) is 6.04 Å². The van der Waals surface area contributed by atoms with Crippen molar-refractivity contribution < 1.29 is 9.15 Å². The normalized spacial score (nSPS) is 13.3. The summed E-state index contributed by atoms with van der Waals surface area (Å²) < 4.78 is 14.1. The van der Waals surface area contributed by atoms with E-state index in [4.69, 9.17) is 9.15 Å². The van der Waals surface area contributed by atoms with Crippen molar-refractivity contribution in [2.24, 2.45) is 0 Å². The highest BCUT2D eigenvalue weighted by Crippen LogP contribution is 2.58. The molecule has 2 aliphatic rings. The second kappa shape index (κ2) is 16.2. The fourth-order valence-electron chi connectivity index (χ4n) is 11.4. The molecule has 0 N–H and O–H groups in total. The van der Waals surface area contributed by atoms with E-state index in [1.807, 2.05) is 24.3 Å². The molecular formula is C65H46N2O2. The van der Waals surface area contributed by atoms with E-state index in [0.717, 1.165) is 90.2 Å². The Hall–Kier alpha value is -8.86. The second-order valence-electron chi connectivity index (χ2n) is 18.0. The molecule has 1 atom stereocenters. The first-order valence-electron chi connectivity index (χ1n) is 23.7. The minimum Gasteiger partial charge on any atom is -0.456 e. The molecule has 0 saturated carbocycles. The minimum atomic E-state index is -0.583. The zero-order chi connectivity index (χ0) is 46.1. The highest BCUT2D eigenvalue weighted by molar-refractivity contribution is 6.12. The lowest BCUT2D eigenvalue weighted by atomic mass is 9.67. The predicted molar refractivity (Wildman–Crippen MR) is 286 cm³/mol. The monoisotopic (exact) mass is 886 g/mol. The SMILES string of the molecule is C=CCC(C=C)N(c1ccccc1)c1ccc2c(c1)Oc1cc(N(c3ccc4c(c3)C(c3ccccc3)(c3ccccc3)c3ccccc3-4)c3cccc4c3oc3ccccc34)cc3cccc-2c13. The Bertz CT molecular complexity index is 3760. The molecule has 0 radical (unpaired) electrons. The zero-order valence-electron chi connectivity index (χ0n) is 37.9. The van der Waals surface area contributed by atoms with Gasteiger partial charge in [-0.15, -0.1) is 13.2 Å². The van der Waals surface area contributed by atoms with Crippen LogP contribution in [0.3, 0.4) is 0 Å². The summed E-state index contributed by atoms with van der Waals surface area (Å²) in [6.07, 6.45) is 4.69. The van der Waals surface area contributed by atoms with Crippen LogP contribution in [0.25, 0.3) is 55.0 Å². The van der Waals surface area contributed by atoms with Crippen LogP contribution in [-0.2, 0) is 5.41 Å². The lowest BCUT2D eigenvalue weighted by molar-refractivity contribution is 0.487. The average molecular weight is 887 g/mol. The first-order chi connectivity index (χ1) is 34.1. The van der Waals surface area contributed by atoms with Gasteiger partial charge in [-0.2, -0.15) is 0 Å². The van der Waals surface area contributed by atoms with Crippen LogP contribution in [0.5, 0.6) is 11.5 Å². The van der Waals surface area contributed by atoms with Crippen molar-refractivity contribution in [3.05, 3.63) is 272 Å². The third-order valence-corrected chi connectivity index (χ3v) is 14.3. The van der Waals surface area contributed by atoms with E-state index in [-0.39, 0.29) is 6.04 Å². The maximum absolute atomic E-state index is 7.19. The number of furan rings is 1. The molecule has 1 aromatic heterocycles. The van der Waals surface area contributed by atoms with Crippen molar-refractivity contribution in [1.29, 1.82) is 0 Å². The molecule has 11 aromatic rings. The summed E-state index contributed by atoms with van der Waals surface area (Å²) in [6, 6.07) is 80.8. The number of rotatable bonds is 11. The Morgan fingerprint density at radius 1 is 0.478 bits per heavy atom. The minimum absolute atomic E-state index is 0.00833. The summed E-state index contributed by atoms with van der Waals surface area (Å²) in [6.45, 7) is 8.32. The molecule has 4 nitrogen and oxygen atoms in total. The standard InChI is InChI=1S/C65H46N2O2/c1-3-20-46(4-2)66(47-26-12-7-13-27-47)49-36-38-54-55-30-18-21-43-39-50(42-62(63(43)55)68-61(54)41-49)67(59-33-19-31-56-53-29-15-17-34-60(53)69-64(56)59)48-35-37-52-51-28-14-16-32-57(51)65(58(52)40-48,44-22-8-5-9-23-44)45-24-10-6-11-25-45/h3-19,21-42,46H,1-2,20H2. The molecule has 0 spiro atoms. The van der Waals surface area contributed by atoms with Gasteiger partial charge in [-0.1, -0.05) is 170 Å². The van der Waals surface area contributed by atoms with E-state index in [2.05, 4.69) is 235 Å². The number of para-hydroxylation sites is 3. The molecule has 13 rings (SSSR count). The number of hydrogen-bond acceptors (Lipinski definition) is 4. The van der Waals surface area contributed by atoms with Gasteiger partial charge in [-0.25, -0.2) is 0 Å². The van der Waals surface area contributed by atoms with E-state index in [0.29, 0.717) is 0 Å². The molecule has 10 aromatic carbocycles. The van der Waals surface area contributed by atoms with Gasteiger partial charge < -0.3 is 19.0 Å². The zero-order valence-corrected chi connectivity index (χ0v) is 37.9. The summed E-state index contributed by atoms with van der Waals surface area (Å²) in [4.78, 5) is 4.69. The molecule has 328 valence electrons. The van der Waals surface area contributed by atoms with Gasteiger partial charge in [-0.3, -0.25) is 0 Å². The second-order valence-corrected chi connectivity index (χ2v) is 18.0. The highest BCUT2D eigenvalue weighted by Gasteiger charge is 2.46. The Morgan fingerprint density at radius 2 is 1.12 bits per heavy atom. The first-order valence-corrected chi connectivity index (χ1v) is 23.7. The number of fused-ring (bicyclic) bond motifs is 8. The molecule has 1 aliphatic heterocycles. The molecule has 2 heterocycles. The van der Waals surface area contributed by atoms with Crippen molar-refractivity contribution in [3.63, 3.8) is 0 Å². The fraction of sp³-hybridized carbons (Fsp3) is 0.0462. The van der Waals surface area contributed by atoms with Gasteiger partial charge in [0.25, 0.3) is 0 Å². The highest BCUT2D eigenvalue weighted by atomic mass is 16.5. The van der Waals surface area contributed by atoms with Gasteiger partial charge in [0.15, 0.2) is 5.58 Å². The molecule has 0 saturated heterocycles. The fourth-order valence-corrected chi connectivity index (χ4v) is 11.4. The van der Waals surface area contributed by atoms with Crippen molar-refractivity contribution >= 4 is 61.1 Å². The van der Waals surface area contributed by atoms with Gasteiger partial charge in [-0.05, 0) is 105 Å². The van der Waals surface area contributed by atoms with E-state index in [1.165, 1.54) is 33.4 Å². The number of benzene rings is 10. The summed E-state index contributed by atoms with van der Waals surface area (Å²) >= 11 is 0. The van der Waals surface area contributed by atoms with Crippen molar-refractivity contribution in [2.45, 2.75) is 17.9 Å². The first kappa shape index (κ1) is 40.4. The Labute approximate surface area is 401 Å². The van der Waals surface area contributed by atoms with E-state index in [9.17, 15) is 0 Å². The third kappa shape index (κ3) is 6.22. The van der Waals surface area contributed by atoms with Crippen LogP contribution in [0.15, 0.2) is 254 Å². The average Bonchev–Trinajstić information content (AvgIpc) is 3.94. The molecule has 1 aliphatic carbocycles. The molecule has 0 amide bonds. The maximum Gasteiger partial charge on any atom is 0.159 e. The Kier molecular flexibility index (Phi) is 9.48. The third-order valence-electron chi connectivity index (χ3n) is 14.3. The number of nitrogens with zero attached hydrogens (tertiary/aromatic N) is 2. The van der Waals surface area contributed by atoms with Crippen molar-refractivity contribution in [1.82, 2.24) is 0 Å². The number of hydrogen-bond donors (Lipinski definition) is 0. The predicted octanol–water partition coefficient (Wildman–Crippen LogP) is 17.6. The summed E-state index contributed by atoms with van der Waals surface area (Å²) in [5, 5.41) is 4.30. The Balaban J connectivity index is 1.04. The van der Waals surface area contributed by atoms with Gasteiger partial charge in [0.2, 0.25) is 0 Å². The van der Waals surface area contributed by atoms with E-state index >= 15 is 0 Å². The molecule has 4 heteroatoms. The largest absolute Gasteiger partial charge is 0.456 e. The van der Waals surface area contributed by atoms with Crippen LogP contribution < -0.4 is 14.5 Å². The topological polar surface area (TPSA) is 28.9 Å². The number of anilines is 5. The van der Waals surface area contributed by atoms with Gasteiger partial charge in [0.1, 0.15) is 17.1 Å². The van der Waals surface area contributed by atoms with Crippen LogP contribution >= 0.6 is 0 Å².